The number of rotatable bonds is 9. The lowest BCUT2D eigenvalue weighted by Crippen LogP contribution is -2.47. The molecule has 0 radical (unpaired) electrons. The number of amides is 2. The maximum Gasteiger partial charge on any atom is 0.242 e. The van der Waals surface area contributed by atoms with Gasteiger partial charge in [-0.2, -0.15) is 0 Å². The molecule has 1 N–H and O–H groups in total. The molecule has 2 rings (SSSR count). The van der Waals surface area contributed by atoms with Crippen LogP contribution in [0, 0.1) is 6.92 Å². The topological polar surface area (TPSA) is 49.4 Å². The summed E-state index contributed by atoms with van der Waals surface area (Å²) >= 11 is 0. The van der Waals surface area contributed by atoms with Crippen molar-refractivity contribution in [1.82, 2.24) is 10.2 Å². The van der Waals surface area contributed by atoms with E-state index in [1.54, 1.807) is 11.8 Å². The van der Waals surface area contributed by atoms with Crippen LogP contribution in [-0.2, 0) is 22.6 Å². The molecule has 29 heavy (non-hydrogen) atoms. The molecule has 2 amide bonds. The third-order valence-corrected chi connectivity index (χ3v) is 5.27. The van der Waals surface area contributed by atoms with Crippen LogP contribution in [0.2, 0.25) is 0 Å². The Kier molecular flexibility index (Phi) is 8.44. The molecular weight excluding hydrogens is 360 g/mol. The molecule has 0 aliphatic heterocycles. The first-order valence-electron chi connectivity index (χ1n) is 10.5. The number of nitrogens with one attached hydrogen (secondary N) is 1. The van der Waals surface area contributed by atoms with Crippen LogP contribution in [0.4, 0.5) is 0 Å². The maximum absolute atomic E-state index is 13.1. The van der Waals surface area contributed by atoms with Crippen molar-refractivity contribution in [3.05, 3.63) is 70.8 Å². The predicted molar refractivity (Wildman–Crippen MR) is 119 cm³/mol. The van der Waals surface area contributed by atoms with Crippen molar-refractivity contribution in [2.24, 2.45) is 0 Å². The summed E-state index contributed by atoms with van der Waals surface area (Å²) in [4.78, 5) is 27.2. The molecule has 0 saturated carbocycles. The summed E-state index contributed by atoms with van der Waals surface area (Å²) < 4.78 is 0. The van der Waals surface area contributed by atoms with Crippen molar-refractivity contribution in [1.29, 1.82) is 0 Å². The van der Waals surface area contributed by atoms with E-state index in [0.29, 0.717) is 31.8 Å². The molecule has 0 aliphatic carbocycles. The van der Waals surface area contributed by atoms with Gasteiger partial charge in [0.25, 0.3) is 0 Å². The summed E-state index contributed by atoms with van der Waals surface area (Å²) in [5, 5.41) is 2.83. The van der Waals surface area contributed by atoms with Gasteiger partial charge < -0.3 is 10.2 Å². The fraction of sp³-hybridized carbons (Fsp3) is 0.440. The van der Waals surface area contributed by atoms with Crippen molar-refractivity contribution in [2.75, 3.05) is 6.54 Å². The zero-order chi connectivity index (χ0) is 21.4. The highest BCUT2D eigenvalue weighted by molar-refractivity contribution is 5.87. The fourth-order valence-electron chi connectivity index (χ4n) is 3.26. The van der Waals surface area contributed by atoms with E-state index in [2.05, 4.69) is 43.4 Å². The number of carbonyl (C=O) groups is 2. The Bertz CT molecular complexity index is 795. The molecule has 4 nitrogen and oxygen atoms in total. The van der Waals surface area contributed by atoms with Gasteiger partial charge in [0.05, 0.1) is 0 Å². The first-order chi connectivity index (χ1) is 13.8. The molecule has 0 fully saturated rings. The first-order valence-corrected chi connectivity index (χ1v) is 10.5. The zero-order valence-electron chi connectivity index (χ0n) is 18.4. The largest absolute Gasteiger partial charge is 0.355 e. The number of aryl methyl sites for hydroxylation is 2. The summed E-state index contributed by atoms with van der Waals surface area (Å²) in [6, 6.07) is 16.1. The maximum atomic E-state index is 13.1. The van der Waals surface area contributed by atoms with Crippen LogP contribution in [0.25, 0.3) is 0 Å². The van der Waals surface area contributed by atoms with Crippen molar-refractivity contribution in [3.63, 3.8) is 0 Å². The molecule has 2 aromatic rings. The lowest BCUT2D eigenvalue weighted by molar-refractivity contribution is -0.140. The quantitative estimate of drug-likeness (QED) is 0.675. The summed E-state index contributed by atoms with van der Waals surface area (Å²) in [6.45, 7) is 11.1. The Hall–Kier alpha value is -2.62. The van der Waals surface area contributed by atoms with Gasteiger partial charge in [-0.1, -0.05) is 67.9 Å². The third-order valence-electron chi connectivity index (χ3n) is 5.27. The smallest absolute Gasteiger partial charge is 0.242 e. The highest BCUT2D eigenvalue weighted by Gasteiger charge is 2.25. The molecule has 0 saturated heterocycles. The minimum Gasteiger partial charge on any atom is -0.355 e. The van der Waals surface area contributed by atoms with Gasteiger partial charge >= 0.3 is 0 Å². The molecule has 1 unspecified atom stereocenters. The number of benzene rings is 2. The molecule has 0 bridgehead atoms. The standard InChI is InChI=1S/C25H34N2O2/c1-6-26-25(29)20(5)27(17-22-9-7-19(4)8-10-22)24(28)16-13-21-11-14-23(15-12-21)18(2)3/h7-12,14-15,18,20H,6,13,16-17H2,1-5H3,(H,26,29). The summed E-state index contributed by atoms with van der Waals surface area (Å²) in [6.07, 6.45) is 1.06. The van der Waals surface area contributed by atoms with Gasteiger partial charge in [0.2, 0.25) is 11.8 Å². The van der Waals surface area contributed by atoms with Gasteiger partial charge in [-0.15, -0.1) is 0 Å². The zero-order valence-corrected chi connectivity index (χ0v) is 18.4. The third kappa shape index (κ3) is 6.74. The summed E-state index contributed by atoms with van der Waals surface area (Å²) in [7, 11) is 0. The van der Waals surface area contributed by atoms with E-state index in [9.17, 15) is 9.59 Å². The van der Waals surface area contributed by atoms with Crippen LogP contribution in [-0.4, -0.2) is 29.3 Å². The van der Waals surface area contributed by atoms with E-state index < -0.39 is 6.04 Å². The van der Waals surface area contributed by atoms with E-state index in [1.807, 2.05) is 38.1 Å². The van der Waals surface area contributed by atoms with Crippen molar-refractivity contribution in [2.45, 2.75) is 66.0 Å². The van der Waals surface area contributed by atoms with E-state index in [0.717, 1.165) is 11.1 Å². The number of hydrogen-bond donors (Lipinski definition) is 1. The van der Waals surface area contributed by atoms with Gasteiger partial charge in [0.1, 0.15) is 6.04 Å². The molecule has 1 atom stereocenters. The number of nitrogens with zero attached hydrogens (tertiary/aromatic N) is 1. The number of hydrogen-bond acceptors (Lipinski definition) is 2. The van der Waals surface area contributed by atoms with Crippen LogP contribution in [0.5, 0.6) is 0 Å². The van der Waals surface area contributed by atoms with Crippen LogP contribution in [0.1, 0.15) is 62.3 Å². The predicted octanol–water partition coefficient (Wildman–Crippen LogP) is 4.60. The minimum atomic E-state index is -0.507. The Morgan fingerprint density at radius 3 is 2.07 bits per heavy atom. The van der Waals surface area contributed by atoms with Crippen LogP contribution in [0.15, 0.2) is 48.5 Å². The Morgan fingerprint density at radius 2 is 1.52 bits per heavy atom. The van der Waals surface area contributed by atoms with Gasteiger partial charge in [-0.05, 0) is 49.8 Å². The minimum absolute atomic E-state index is 0.00253. The van der Waals surface area contributed by atoms with Crippen LogP contribution >= 0.6 is 0 Å². The lowest BCUT2D eigenvalue weighted by Gasteiger charge is -2.29. The fourth-order valence-corrected chi connectivity index (χ4v) is 3.26. The second-order valence-corrected chi connectivity index (χ2v) is 7.97. The second kappa shape index (κ2) is 10.8. The normalized spacial score (nSPS) is 11.9. The van der Waals surface area contributed by atoms with Crippen molar-refractivity contribution in [3.8, 4) is 0 Å². The first kappa shape index (κ1) is 22.7. The number of likely N-dealkylation sites (N-methyl/N-ethyl adjacent to an activating group) is 1. The van der Waals surface area contributed by atoms with E-state index in [-0.39, 0.29) is 11.8 Å². The number of carbonyl (C=O) groups excluding carboxylic acids is 2. The molecule has 156 valence electrons. The average molecular weight is 395 g/mol. The Morgan fingerprint density at radius 1 is 0.931 bits per heavy atom. The van der Waals surface area contributed by atoms with E-state index in [4.69, 9.17) is 0 Å². The van der Waals surface area contributed by atoms with Crippen LogP contribution < -0.4 is 5.32 Å². The van der Waals surface area contributed by atoms with E-state index >= 15 is 0 Å². The average Bonchev–Trinajstić information content (AvgIpc) is 2.71. The molecule has 0 aliphatic rings. The molecule has 0 spiro atoms. The highest BCUT2D eigenvalue weighted by atomic mass is 16.2. The van der Waals surface area contributed by atoms with Gasteiger partial charge in [-0.25, -0.2) is 0 Å². The summed E-state index contributed by atoms with van der Waals surface area (Å²) in [5.41, 5.74) is 4.64. The molecule has 2 aromatic carbocycles. The summed E-state index contributed by atoms with van der Waals surface area (Å²) in [5.74, 6) is 0.375. The Balaban J connectivity index is 2.10. The monoisotopic (exact) mass is 394 g/mol. The molecular formula is C25H34N2O2. The van der Waals surface area contributed by atoms with E-state index in [1.165, 1.54) is 11.1 Å². The van der Waals surface area contributed by atoms with Crippen LogP contribution in [0.3, 0.4) is 0 Å². The molecule has 0 heterocycles. The van der Waals surface area contributed by atoms with Crippen molar-refractivity contribution >= 4 is 11.8 Å². The Labute approximate surface area is 175 Å². The van der Waals surface area contributed by atoms with Gasteiger partial charge in [0.15, 0.2) is 0 Å². The van der Waals surface area contributed by atoms with Crippen molar-refractivity contribution < 1.29 is 9.59 Å². The van der Waals surface area contributed by atoms with Gasteiger partial charge in [0, 0.05) is 19.5 Å². The molecule has 4 heteroatoms. The van der Waals surface area contributed by atoms with Gasteiger partial charge in [-0.3, -0.25) is 9.59 Å². The SMILES string of the molecule is CCNC(=O)C(C)N(Cc1ccc(C)cc1)C(=O)CCc1ccc(C(C)C)cc1. The highest BCUT2D eigenvalue weighted by Crippen LogP contribution is 2.17. The lowest BCUT2D eigenvalue weighted by atomic mass is 10.00. The second-order valence-electron chi connectivity index (χ2n) is 7.97. The molecule has 0 aromatic heterocycles.